The third-order valence-electron chi connectivity index (χ3n) is 3.56. The van der Waals surface area contributed by atoms with Crippen LogP contribution in [0.25, 0.3) is 0 Å². The van der Waals surface area contributed by atoms with Crippen molar-refractivity contribution in [1.29, 1.82) is 0 Å². The summed E-state index contributed by atoms with van der Waals surface area (Å²) >= 11 is -2.44. The van der Waals surface area contributed by atoms with Crippen molar-refractivity contribution in [3.05, 3.63) is 35.3 Å². The molecule has 5 N–H and O–H groups in total. The minimum absolute atomic E-state index is 0.0819. The first kappa shape index (κ1) is 24.9. The molecule has 0 heterocycles. The summed E-state index contributed by atoms with van der Waals surface area (Å²) in [5.74, 6) is -0.816. The number of amides is 2. The maximum atomic E-state index is 12.6. The number of hydrogen-bond acceptors (Lipinski definition) is 7. The van der Waals surface area contributed by atoms with Gasteiger partial charge in [0.25, 0.3) is 17.2 Å². The number of carbonyl (C=O) groups excluding carboxylic acids is 2. The van der Waals surface area contributed by atoms with Crippen LogP contribution in [0.15, 0.2) is 34.7 Å². The highest BCUT2D eigenvalue weighted by Gasteiger charge is 2.21. The number of aliphatic imine (C=N–C) groups is 1. The molecule has 0 aliphatic rings. The number of rotatable bonds is 8. The van der Waals surface area contributed by atoms with E-state index in [1.165, 1.54) is 14.2 Å². The lowest BCUT2D eigenvalue weighted by Crippen LogP contribution is -2.32. The zero-order valence-electron chi connectivity index (χ0n) is 17.5. The van der Waals surface area contributed by atoms with E-state index in [0.717, 1.165) is 4.31 Å². The topological polar surface area (TPSA) is 156 Å². The zero-order valence-corrected chi connectivity index (χ0v) is 18.3. The second-order valence-electron chi connectivity index (χ2n) is 6.93. The lowest BCUT2D eigenvalue weighted by molar-refractivity contribution is -0.113. The number of nitrogens with one attached hydrogen (secondary N) is 2. The molecule has 1 unspecified atom stereocenters. The molecule has 12 heteroatoms. The number of para-hydroxylation sites is 1. The number of ether oxygens (including phenoxy) is 2. The van der Waals surface area contributed by atoms with Crippen LogP contribution in [-0.4, -0.2) is 51.5 Å². The van der Waals surface area contributed by atoms with Gasteiger partial charge in [-0.25, -0.2) is 9.00 Å². The Morgan fingerprint density at radius 3 is 2.50 bits per heavy atom. The van der Waals surface area contributed by atoms with Crippen LogP contribution in [0.3, 0.4) is 0 Å². The maximum absolute atomic E-state index is 12.6. The van der Waals surface area contributed by atoms with E-state index in [9.17, 15) is 13.8 Å². The molecule has 1 atom stereocenters. The van der Waals surface area contributed by atoms with Gasteiger partial charge in [-0.3, -0.25) is 18.6 Å². The minimum atomic E-state index is -2.44. The number of alkyl carbamates (subject to hydrolysis) is 1. The Bertz CT molecular complexity index is 865. The molecule has 0 aliphatic carbocycles. The first-order chi connectivity index (χ1) is 13.9. The van der Waals surface area contributed by atoms with Crippen molar-refractivity contribution in [2.75, 3.05) is 19.5 Å². The number of hydrogen-bond donors (Lipinski definition) is 4. The fourth-order valence-electron chi connectivity index (χ4n) is 2.23. The highest BCUT2D eigenvalue weighted by Crippen LogP contribution is 2.29. The van der Waals surface area contributed by atoms with Crippen molar-refractivity contribution in [2.45, 2.75) is 32.9 Å². The van der Waals surface area contributed by atoms with Crippen molar-refractivity contribution >= 4 is 35.7 Å². The van der Waals surface area contributed by atoms with Crippen molar-refractivity contribution in [3.8, 4) is 5.75 Å². The van der Waals surface area contributed by atoms with Gasteiger partial charge in [0, 0.05) is 19.2 Å². The third kappa shape index (κ3) is 7.04. The predicted molar refractivity (Wildman–Crippen MR) is 114 cm³/mol. The lowest BCUT2D eigenvalue weighted by Gasteiger charge is -2.20. The first-order valence-electron chi connectivity index (χ1n) is 8.66. The van der Waals surface area contributed by atoms with Crippen LogP contribution in [0.4, 0.5) is 10.5 Å². The van der Waals surface area contributed by atoms with E-state index >= 15 is 0 Å². The number of carbonyl (C=O) groups is 2. The Hall–Kier alpha value is -3.12. The second-order valence-corrected chi connectivity index (χ2v) is 7.94. The van der Waals surface area contributed by atoms with Crippen molar-refractivity contribution in [3.63, 3.8) is 0 Å². The summed E-state index contributed by atoms with van der Waals surface area (Å²) in [5.41, 5.74) is 5.57. The molecule has 1 rings (SSSR count). The number of methoxy groups -OCH3 is 1. The molecule has 1 aromatic carbocycles. The Labute approximate surface area is 177 Å². The monoisotopic (exact) mass is 441 g/mol. The number of anilines is 1. The minimum Gasteiger partial charge on any atom is -0.494 e. The largest absolute Gasteiger partial charge is 0.494 e. The molecule has 166 valence electrons. The van der Waals surface area contributed by atoms with Crippen molar-refractivity contribution in [2.24, 2.45) is 10.7 Å². The average molecular weight is 442 g/mol. The van der Waals surface area contributed by atoms with E-state index in [1.807, 2.05) is 0 Å². The smallest absolute Gasteiger partial charge is 0.407 e. The molecule has 0 fully saturated rings. The fourth-order valence-corrected chi connectivity index (χ4v) is 2.48. The summed E-state index contributed by atoms with van der Waals surface area (Å²) in [7, 11) is 2.62. The zero-order chi connectivity index (χ0) is 23.1. The summed E-state index contributed by atoms with van der Waals surface area (Å²) in [5, 5.41) is 5.18. The van der Waals surface area contributed by atoms with Gasteiger partial charge in [-0.2, -0.15) is 0 Å². The number of benzene rings is 1. The van der Waals surface area contributed by atoms with Crippen LogP contribution in [0.5, 0.6) is 5.75 Å². The normalized spacial score (nSPS) is 12.9. The molecule has 30 heavy (non-hydrogen) atoms. The van der Waals surface area contributed by atoms with E-state index < -0.39 is 28.9 Å². The van der Waals surface area contributed by atoms with E-state index in [1.54, 1.807) is 39.0 Å². The van der Waals surface area contributed by atoms with Crippen LogP contribution in [0.2, 0.25) is 0 Å². The Balaban J connectivity index is 3.08. The van der Waals surface area contributed by atoms with E-state index in [2.05, 4.69) is 22.3 Å². The van der Waals surface area contributed by atoms with Crippen molar-refractivity contribution in [1.82, 2.24) is 9.62 Å². The van der Waals surface area contributed by atoms with Gasteiger partial charge in [0.2, 0.25) is 0 Å². The van der Waals surface area contributed by atoms with Gasteiger partial charge in [-0.1, -0.05) is 12.1 Å². The molecule has 0 saturated carbocycles. The molecule has 0 aliphatic heterocycles. The van der Waals surface area contributed by atoms with Crippen LogP contribution in [-0.2, 0) is 27.3 Å². The Morgan fingerprint density at radius 2 is 2.00 bits per heavy atom. The van der Waals surface area contributed by atoms with Crippen LogP contribution in [0.1, 0.15) is 26.3 Å². The van der Waals surface area contributed by atoms with Gasteiger partial charge < -0.3 is 25.8 Å². The summed E-state index contributed by atoms with van der Waals surface area (Å²) in [6.45, 7) is 8.60. The molecule has 0 aromatic heterocycles. The molecular formula is C18H27N5O6S. The molecule has 0 radical (unpaired) electrons. The summed E-state index contributed by atoms with van der Waals surface area (Å²) in [6, 6.07) is 4.91. The molecule has 0 bridgehead atoms. The third-order valence-corrected chi connectivity index (χ3v) is 4.23. The standard InChI is InChI=1S/C18H27N5O6S/c1-18(2,3)29-17(25)21-10-11-8-7-9-12(14(11)28-6)22-16(24)13(20-4)15(19)23(5)30(26)27/h7-9H,4,10,19H2,1-3,5-6H3,(H,21,25)(H,22,24)(H,26,27)/b15-13-. The van der Waals surface area contributed by atoms with Crippen LogP contribution in [0, 0.1) is 0 Å². The highest BCUT2D eigenvalue weighted by molar-refractivity contribution is 7.76. The van der Waals surface area contributed by atoms with Gasteiger partial charge in [-0.15, -0.1) is 0 Å². The van der Waals surface area contributed by atoms with Crippen LogP contribution >= 0.6 is 0 Å². The van der Waals surface area contributed by atoms with Crippen molar-refractivity contribution < 1.29 is 27.8 Å². The van der Waals surface area contributed by atoms with Gasteiger partial charge >= 0.3 is 6.09 Å². The molecule has 0 saturated heterocycles. The highest BCUT2D eigenvalue weighted by atomic mass is 32.2. The number of nitrogens with two attached hydrogens (primary N) is 1. The van der Waals surface area contributed by atoms with E-state index in [0.29, 0.717) is 11.3 Å². The molecular weight excluding hydrogens is 414 g/mol. The van der Waals surface area contributed by atoms with Gasteiger partial charge in [0.1, 0.15) is 17.2 Å². The van der Waals surface area contributed by atoms with E-state index in [4.69, 9.17) is 19.8 Å². The van der Waals surface area contributed by atoms with Gasteiger partial charge in [0.05, 0.1) is 12.8 Å². The summed E-state index contributed by atoms with van der Waals surface area (Å²) in [6.07, 6.45) is -0.604. The molecule has 1 aromatic rings. The second kappa shape index (κ2) is 10.6. The summed E-state index contributed by atoms with van der Waals surface area (Å²) in [4.78, 5) is 28.0. The first-order valence-corrected chi connectivity index (χ1v) is 9.72. The number of nitrogens with zero attached hydrogens (tertiary/aromatic N) is 2. The fraction of sp³-hybridized carbons (Fsp3) is 0.389. The molecule has 11 nitrogen and oxygen atoms in total. The van der Waals surface area contributed by atoms with Gasteiger partial charge in [-0.05, 0) is 33.6 Å². The Morgan fingerprint density at radius 1 is 1.37 bits per heavy atom. The van der Waals surface area contributed by atoms with Gasteiger partial charge in [0.15, 0.2) is 5.70 Å². The SMILES string of the molecule is C=N/C(C(=O)Nc1cccc(CNC(=O)OC(C)(C)C)c1OC)=C(/N)N(C)S(=O)O. The van der Waals surface area contributed by atoms with E-state index in [-0.39, 0.29) is 23.8 Å². The lowest BCUT2D eigenvalue weighted by atomic mass is 10.1. The molecule has 2 amide bonds. The average Bonchev–Trinajstić information content (AvgIpc) is 2.64. The molecule has 0 spiro atoms. The quantitative estimate of drug-likeness (QED) is 0.271. The Kier molecular flexibility index (Phi) is 8.80. The maximum Gasteiger partial charge on any atom is 0.407 e. The van der Waals surface area contributed by atoms with Crippen LogP contribution < -0.4 is 21.1 Å². The predicted octanol–water partition coefficient (Wildman–Crippen LogP) is 1.56. The summed E-state index contributed by atoms with van der Waals surface area (Å²) < 4.78 is 31.6.